The van der Waals surface area contributed by atoms with Crippen LogP contribution in [-0.4, -0.2) is 36.8 Å². The molecule has 8 heteroatoms. The summed E-state index contributed by atoms with van der Waals surface area (Å²) in [4.78, 5) is 6.78. The largest absolute Gasteiger partial charge is 0.338 e. The zero-order valence-corrected chi connectivity index (χ0v) is 16.8. The maximum absolute atomic E-state index is 11.6. The van der Waals surface area contributed by atoms with Gasteiger partial charge in [0.25, 0.3) is 0 Å². The summed E-state index contributed by atoms with van der Waals surface area (Å²) in [5, 5.41) is 4.63. The molecule has 0 amide bonds. The van der Waals surface area contributed by atoms with Gasteiger partial charge in [-0.3, -0.25) is 4.90 Å². The lowest BCUT2D eigenvalue weighted by molar-refractivity contribution is 0.216. The minimum atomic E-state index is -3.20. The molecule has 27 heavy (non-hydrogen) atoms. The third-order valence-corrected chi connectivity index (χ3v) is 5.75. The van der Waals surface area contributed by atoms with Crippen LogP contribution in [0.2, 0.25) is 5.02 Å². The Balaban J connectivity index is 1.71. The van der Waals surface area contributed by atoms with Gasteiger partial charge in [0.2, 0.25) is 11.7 Å². The lowest BCUT2D eigenvalue weighted by Crippen LogP contribution is -2.22. The fourth-order valence-corrected chi connectivity index (χ4v) is 3.48. The number of hydrogen-bond acceptors (Lipinski definition) is 6. The molecule has 0 saturated heterocycles. The predicted octanol–water partition coefficient (Wildman–Crippen LogP) is 3.99. The first-order valence-electron chi connectivity index (χ1n) is 8.33. The van der Waals surface area contributed by atoms with Gasteiger partial charge < -0.3 is 4.52 Å². The van der Waals surface area contributed by atoms with Gasteiger partial charge in [0.1, 0.15) is 0 Å². The van der Waals surface area contributed by atoms with Gasteiger partial charge in [-0.15, -0.1) is 0 Å². The van der Waals surface area contributed by atoms with Crippen molar-refractivity contribution in [3.05, 3.63) is 65.0 Å². The second-order valence-corrected chi connectivity index (χ2v) is 8.91. The molecule has 1 aromatic heterocycles. The molecule has 0 bridgehead atoms. The summed E-state index contributed by atoms with van der Waals surface area (Å²) in [6.07, 6.45) is 1.20. The minimum absolute atomic E-state index is 0.0418. The molecule has 0 saturated carbocycles. The van der Waals surface area contributed by atoms with Crippen molar-refractivity contribution in [1.82, 2.24) is 15.0 Å². The molecule has 6 nitrogen and oxygen atoms in total. The number of halogens is 1. The quantitative estimate of drug-likeness (QED) is 0.617. The first kappa shape index (κ1) is 19.5. The molecule has 1 heterocycles. The van der Waals surface area contributed by atoms with Crippen LogP contribution in [0.15, 0.2) is 57.9 Å². The molecule has 0 spiro atoms. The van der Waals surface area contributed by atoms with E-state index in [1.54, 1.807) is 24.3 Å². The Morgan fingerprint density at radius 2 is 1.89 bits per heavy atom. The molecule has 1 atom stereocenters. The third kappa shape index (κ3) is 4.74. The molecule has 0 aliphatic heterocycles. The normalized spacial score (nSPS) is 13.1. The highest BCUT2D eigenvalue weighted by atomic mass is 35.5. The summed E-state index contributed by atoms with van der Waals surface area (Å²) in [6.45, 7) is 2.49. The molecule has 3 aromatic rings. The van der Waals surface area contributed by atoms with E-state index in [4.69, 9.17) is 16.1 Å². The van der Waals surface area contributed by atoms with Crippen LogP contribution in [0.4, 0.5) is 0 Å². The summed E-state index contributed by atoms with van der Waals surface area (Å²) in [6, 6.07) is 14.2. The second-order valence-electron chi connectivity index (χ2n) is 6.45. The van der Waals surface area contributed by atoms with Crippen molar-refractivity contribution in [2.45, 2.75) is 24.4 Å². The molecule has 3 rings (SSSR count). The van der Waals surface area contributed by atoms with Crippen LogP contribution < -0.4 is 0 Å². The van der Waals surface area contributed by atoms with Gasteiger partial charge in [0.05, 0.1) is 11.4 Å². The summed E-state index contributed by atoms with van der Waals surface area (Å²) in [5.41, 5.74) is 1.80. The molecule has 0 N–H and O–H groups in total. The van der Waals surface area contributed by atoms with Crippen LogP contribution in [0.3, 0.4) is 0 Å². The van der Waals surface area contributed by atoms with Crippen molar-refractivity contribution < 1.29 is 12.9 Å². The van der Waals surface area contributed by atoms with Crippen LogP contribution in [-0.2, 0) is 16.4 Å². The van der Waals surface area contributed by atoms with E-state index in [-0.39, 0.29) is 6.04 Å². The highest BCUT2D eigenvalue weighted by Crippen LogP contribution is 2.24. The maximum Gasteiger partial charge on any atom is 0.241 e. The van der Waals surface area contributed by atoms with E-state index in [0.717, 1.165) is 11.1 Å². The number of aromatic nitrogens is 2. The topological polar surface area (TPSA) is 76.3 Å². The van der Waals surface area contributed by atoms with Crippen molar-refractivity contribution >= 4 is 21.4 Å². The standard InChI is InChI=1S/C19H20ClN3O3S/c1-13(14-7-9-17(10-8-14)27(3,24)25)23(2)12-18-21-19(22-26-18)15-5-4-6-16(20)11-15/h4-11,13H,12H2,1-3H3. The molecule has 1 unspecified atom stereocenters. The fourth-order valence-electron chi connectivity index (χ4n) is 2.66. The lowest BCUT2D eigenvalue weighted by Gasteiger charge is -2.23. The highest BCUT2D eigenvalue weighted by molar-refractivity contribution is 7.90. The number of rotatable bonds is 6. The Bertz CT molecular complexity index is 1030. The number of nitrogens with zero attached hydrogens (tertiary/aromatic N) is 3. The van der Waals surface area contributed by atoms with Crippen LogP contribution in [0, 0.1) is 0 Å². The summed E-state index contributed by atoms with van der Waals surface area (Å²) >= 11 is 6.00. The predicted molar refractivity (Wildman–Crippen MR) is 104 cm³/mol. The molecule has 0 radical (unpaired) electrons. The summed E-state index contributed by atoms with van der Waals surface area (Å²) < 4.78 is 28.5. The molecular formula is C19H20ClN3O3S. The van der Waals surface area contributed by atoms with Crippen molar-refractivity contribution in [3.8, 4) is 11.4 Å². The molecule has 2 aromatic carbocycles. The highest BCUT2D eigenvalue weighted by Gasteiger charge is 2.17. The van der Waals surface area contributed by atoms with Gasteiger partial charge in [-0.2, -0.15) is 4.98 Å². The smallest absolute Gasteiger partial charge is 0.241 e. The van der Waals surface area contributed by atoms with Gasteiger partial charge in [-0.05, 0) is 43.8 Å². The van der Waals surface area contributed by atoms with Crippen LogP contribution in [0.25, 0.3) is 11.4 Å². The number of sulfone groups is 1. The molecule has 0 aliphatic carbocycles. The van der Waals surface area contributed by atoms with Crippen molar-refractivity contribution in [3.63, 3.8) is 0 Å². The van der Waals surface area contributed by atoms with Gasteiger partial charge in [-0.1, -0.05) is 41.0 Å². The molecule has 0 aliphatic rings. The van der Waals surface area contributed by atoms with Crippen molar-refractivity contribution in [1.29, 1.82) is 0 Å². The van der Waals surface area contributed by atoms with Crippen molar-refractivity contribution in [2.75, 3.05) is 13.3 Å². The number of hydrogen-bond donors (Lipinski definition) is 0. The third-order valence-electron chi connectivity index (χ3n) is 4.39. The second kappa shape index (κ2) is 7.80. The van der Waals surface area contributed by atoms with E-state index in [9.17, 15) is 8.42 Å². The summed E-state index contributed by atoms with van der Waals surface area (Å²) in [7, 11) is -1.25. The number of benzene rings is 2. The first-order valence-corrected chi connectivity index (χ1v) is 10.6. The average Bonchev–Trinajstić information content (AvgIpc) is 3.09. The average molecular weight is 406 g/mol. The monoisotopic (exact) mass is 405 g/mol. The van der Waals surface area contributed by atoms with Crippen LogP contribution in [0.5, 0.6) is 0 Å². The van der Waals surface area contributed by atoms with Crippen LogP contribution in [0.1, 0.15) is 24.4 Å². The van der Waals surface area contributed by atoms with E-state index in [2.05, 4.69) is 10.1 Å². The van der Waals surface area contributed by atoms with E-state index in [1.165, 1.54) is 6.26 Å². The molecular weight excluding hydrogens is 386 g/mol. The van der Waals surface area contributed by atoms with Gasteiger partial charge in [0.15, 0.2) is 9.84 Å². The molecule has 0 fully saturated rings. The van der Waals surface area contributed by atoms with E-state index >= 15 is 0 Å². The van der Waals surface area contributed by atoms with E-state index in [0.29, 0.717) is 28.2 Å². The maximum atomic E-state index is 11.6. The van der Waals surface area contributed by atoms with Gasteiger partial charge >= 0.3 is 0 Å². The Morgan fingerprint density at radius 1 is 1.19 bits per heavy atom. The Kier molecular flexibility index (Phi) is 5.64. The zero-order chi connectivity index (χ0) is 19.6. The molecule has 142 valence electrons. The van der Waals surface area contributed by atoms with Gasteiger partial charge in [-0.25, -0.2) is 8.42 Å². The Morgan fingerprint density at radius 3 is 2.52 bits per heavy atom. The van der Waals surface area contributed by atoms with Crippen LogP contribution >= 0.6 is 11.6 Å². The SMILES string of the molecule is CC(c1ccc(S(C)(=O)=O)cc1)N(C)Cc1nc(-c2cccc(Cl)c2)no1. The van der Waals surface area contributed by atoms with E-state index < -0.39 is 9.84 Å². The minimum Gasteiger partial charge on any atom is -0.338 e. The Hall–Kier alpha value is -2.22. The van der Waals surface area contributed by atoms with E-state index in [1.807, 2.05) is 43.1 Å². The first-order chi connectivity index (χ1) is 12.7. The van der Waals surface area contributed by atoms with Crippen molar-refractivity contribution in [2.24, 2.45) is 0 Å². The Labute approximate surface area is 163 Å². The fraction of sp³-hybridized carbons (Fsp3) is 0.263. The lowest BCUT2D eigenvalue weighted by atomic mass is 10.1. The van der Waals surface area contributed by atoms with Gasteiger partial charge in [0, 0.05) is 22.9 Å². The zero-order valence-electron chi connectivity index (χ0n) is 15.3. The summed E-state index contributed by atoms with van der Waals surface area (Å²) in [5.74, 6) is 0.984.